The van der Waals surface area contributed by atoms with Gasteiger partial charge in [-0.1, -0.05) is 19.1 Å². The first kappa shape index (κ1) is 12.4. The molecule has 1 N–H and O–H groups in total. The fourth-order valence-corrected chi connectivity index (χ4v) is 2.68. The van der Waals surface area contributed by atoms with E-state index in [0.717, 1.165) is 6.42 Å². The number of nitrogens with one attached hydrogen (secondary N) is 1. The molecule has 1 atom stereocenters. The summed E-state index contributed by atoms with van der Waals surface area (Å²) in [5.41, 5.74) is 2.79. The fraction of sp³-hybridized carbons (Fsp3) is 0.600. The van der Waals surface area contributed by atoms with Crippen LogP contribution in [0.2, 0.25) is 0 Å². The van der Waals surface area contributed by atoms with E-state index in [9.17, 15) is 0 Å². The molecule has 0 saturated carbocycles. The summed E-state index contributed by atoms with van der Waals surface area (Å²) in [4.78, 5) is 2.51. The minimum Gasteiger partial charge on any atom is -0.372 e. The van der Waals surface area contributed by atoms with Crippen molar-refractivity contribution in [2.24, 2.45) is 0 Å². The van der Waals surface area contributed by atoms with Crippen LogP contribution >= 0.6 is 0 Å². The molecule has 0 radical (unpaired) electrons. The number of benzene rings is 1. The average Bonchev–Trinajstić information content (AvgIpc) is 2.42. The molecule has 0 amide bonds. The topological polar surface area (TPSA) is 15.3 Å². The van der Waals surface area contributed by atoms with Gasteiger partial charge in [-0.05, 0) is 50.4 Å². The highest BCUT2D eigenvalue weighted by Gasteiger charge is 2.11. The summed E-state index contributed by atoms with van der Waals surface area (Å²) in [5, 5.41) is 3.35. The molecule has 0 aromatic heterocycles. The van der Waals surface area contributed by atoms with Crippen LogP contribution in [0.25, 0.3) is 0 Å². The molecular formula is C15H24N2. The Bertz CT molecular complexity index is 321. The molecule has 1 fully saturated rings. The molecular weight excluding hydrogens is 208 g/mol. The minimum absolute atomic E-state index is 0.491. The van der Waals surface area contributed by atoms with E-state index < -0.39 is 0 Å². The minimum atomic E-state index is 0.491. The second-order valence-corrected chi connectivity index (χ2v) is 4.89. The maximum absolute atomic E-state index is 3.35. The first-order valence-electron chi connectivity index (χ1n) is 6.87. The Labute approximate surface area is 105 Å². The number of piperidine rings is 1. The van der Waals surface area contributed by atoms with Crippen LogP contribution in [-0.2, 0) is 0 Å². The Morgan fingerprint density at radius 1 is 1.12 bits per heavy atom. The zero-order valence-corrected chi connectivity index (χ0v) is 11.1. The van der Waals surface area contributed by atoms with Gasteiger partial charge in [-0.3, -0.25) is 0 Å². The molecule has 1 aromatic rings. The molecule has 1 heterocycles. The highest BCUT2D eigenvalue weighted by atomic mass is 15.1. The second kappa shape index (κ2) is 6.06. The Morgan fingerprint density at radius 3 is 2.29 bits per heavy atom. The predicted octanol–water partition coefficient (Wildman–Crippen LogP) is 3.35. The van der Waals surface area contributed by atoms with Crippen molar-refractivity contribution in [1.82, 2.24) is 5.32 Å². The summed E-state index contributed by atoms with van der Waals surface area (Å²) in [6.45, 7) is 4.67. The average molecular weight is 232 g/mol. The Hall–Kier alpha value is -1.02. The molecule has 1 aromatic carbocycles. The van der Waals surface area contributed by atoms with E-state index in [-0.39, 0.29) is 0 Å². The van der Waals surface area contributed by atoms with Crippen LogP contribution in [0.15, 0.2) is 24.3 Å². The molecule has 0 spiro atoms. The van der Waals surface area contributed by atoms with Crippen molar-refractivity contribution in [1.29, 1.82) is 0 Å². The van der Waals surface area contributed by atoms with Gasteiger partial charge in [-0.15, -0.1) is 0 Å². The van der Waals surface area contributed by atoms with E-state index in [2.05, 4.69) is 41.4 Å². The van der Waals surface area contributed by atoms with Crippen molar-refractivity contribution in [3.8, 4) is 0 Å². The van der Waals surface area contributed by atoms with Gasteiger partial charge in [-0.2, -0.15) is 0 Å². The molecule has 94 valence electrons. The third kappa shape index (κ3) is 3.01. The number of anilines is 1. The first-order valence-corrected chi connectivity index (χ1v) is 6.87. The lowest BCUT2D eigenvalue weighted by Gasteiger charge is -2.29. The molecule has 2 rings (SSSR count). The highest BCUT2D eigenvalue weighted by molar-refractivity contribution is 5.48. The smallest absolute Gasteiger partial charge is 0.0366 e. The van der Waals surface area contributed by atoms with Crippen molar-refractivity contribution in [3.05, 3.63) is 29.8 Å². The Morgan fingerprint density at radius 2 is 1.76 bits per heavy atom. The summed E-state index contributed by atoms with van der Waals surface area (Å²) in [7, 11) is 2.03. The third-order valence-corrected chi connectivity index (χ3v) is 3.77. The van der Waals surface area contributed by atoms with Crippen molar-refractivity contribution >= 4 is 5.69 Å². The molecule has 1 saturated heterocycles. The van der Waals surface area contributed by atoms with Gasteiger partial charge < -0.3 is 10.2 Å². The Balaban J connectivity index is 2.06. The molecule has 1 aliphatic rings. The molecule has 17 heavy (non-hydrogen) atoms. The summed E-state index contributed by atoms with van der Waals surface area (Å²) in [5.74, 6) is 0. The normalized spacial score (nSPS) is 18.1. The molecule has 0 aliphatic carbocycles. The van der Waals surface area contributed by atoms with Crippen LogP contribution in [0.4, 0.5) is 5.69 Å². The number of nitrogens with zero attached hydrogens (tertiary/aromatic N) is 1. The summed E-state index contributed by atoms with van der Waals surface area (Å²) in [6.07, 6.45) is 5.22. The zero-order valence-electron chi connectivity index (χ0n) is 11.1. The molecule has 1 unspecified atom stereocenters. The van der Waals surface area contributed by atoms with Gasteiger partial charge in [0, 0.05) is 24.8 Å². The van der Waals surface area contributed by atoms with Gasteiger partial charge in [-0.25, -0.2) is 0 Å². The fourth-order valence-electron chi connectivity index (χ4n) is 2.68. The predicted molar refractivity (Wildman–Crippen MR) is 74.6 cm³/mol. The van der Waals surface area contributed by atoms with E-state index in [1.165, 1.54) is 43.6 Å². The molecule has 1 aliphatic heterocycles. The van der Waals surface area contributed by atoms with Crippen LogP contribution in [0.1, 0.15) is 44.2 Å². The number of rotatable bonds is 4. The molecule has 2 nitrogen and oxygen atoms in total. The van der Waals surface area contributed by atoms with E-state index in [0.29, 0.717) is 6.04 Å². The lowest BCUT2D eigenvalue weighted by atomic mass is 10.0. The standard InChI is InChI=1S/C15H24N2/c1-3-15(16-2)13-7-9-14(10-8-13)17-11-5-4-6-12-17/h7-10,15-16H,3-6,11-12H2,1-2H3. The summed E-state index contributed by atoms with van der Waals surface area (Å²) >= 11 is 0. The first-order chi connectivity index (χ1) is 8.35. The van der Waals surface area contributed by atoms with Crippen molar-refractivity contribution in [2.75, 3.05) is 25.0 Å². The number of hydrogen-bond acceptors (Lipinski definition) is 2. The third-order valence-electron chi connectivity index (χ3n) is 3.77. The van der Waals surface area contributed by atoms with Gasteiger partial charge >= 0.3 is 0 Å². The monoisotopic (exact) mass is 232 g/mol. The van der Waals surface area contributed by atoms with E-state index in [1.807, 2.05) is 7.05 Å². The lowest BCUT2D eigenvalue weighted by Crippen LogP contribution is -2.29. The van der Waals surface area contributed by atoms with Gasteiger partial charge in [0.25, 0.3) is 0 Å². The zero-order chi connectivity index (χ0) is 12.1. The largest absolute Gasteiger partial charge is 0.372 e. The highest BCUT2D eigenvalue weighted by Crippen LogP contribution is 2.23. The summed E-state index contributed by atoms with van der Waals surface area (Å²) < 4.78 is 0. The van der Waals surface area contributed by atoms with E-state index >= 15 is 0 Å². The van der Waals surface area contributed by atoms with Gasteiger partial charge in [0.05, 0.1) is 0 Å². The van der Waals surface area contributed by atoms with Crippen LogP contribution in [0.5, 0.6) is 0 Å². The van der Waals surface area contributed by atoms with E-state index in [4.69, 9.17) is 0 Å². The quantitative estimate of drug-likeness (QED) is 0.856. The van der Waals surface area contributed by atoms with Crippen LogP contribution in [0.3, 0.4) is 0 Å². The van der Waals surface area contributed by atoms with E-state index in [1.54, 1.807) is 0 Å². The van der Waals surface area contributed by atoms with Crippen LogP contribution in [-0.4, -0.2) is 20.1 Å². The maximum atomic E-state index is 3.35. The lowest BCUT2D eigenvalue weighted by molar-refractivity contribution is 0.572. The Kier molecular flexibility index (Phi) is 4.43. The van der Waals surface area contributed by atoms with Crippen molar-refractivity contribution in [2.45, 2.75) is 38.6 Å². The van der Waals surface area contributed by atoms with Crippen molar-refractivity contribution in [3.63, 3.8) is 0 Å². The molecule has 0 bridgehead atoms. The SMILES string of the molecule is CCC(NC)c1ccc(N2CCCCC2)cc1. The molecule has 2 heteroatoms. The van der Waals surface area contributed by atoms with Gasteiger partial charge in [0.2, 0.25) is 0 Å². The summed E-state index contributed by atoms with van der Waals surface area (Å²) in [6, 6.07) is 9.59. The van der Waals surface area contributed by atoms with Gasteiger partial charge in [0.15, 0.2) is 0 Å². The van der Waals surface area contributed by atoms with Gasteiger partial charge in [0.1, 0.15) is 0 Å². The van der Waals surface area contributed by atoms with Crippen LogP contribution < -0.4 is 10.2 Å². The van der Waals surface area contributed by atoms with Crippen molar-refractivity contribution < 1.29 is 0 Å². The van der Waals surface area contributed by atoms with Crippen LogP contribution in [0, 0.1) is 0 Å². The number of hydrogen-bond donors (Lipinski definition) is 1. The second-order valence-electron chi connectivity index (χ2n) is 4.89. The maximum Gasteiger partial charge on any atom is 0.0366 e.